The largest absolute Gasteiger partial charge is 0.495 e. The minimum atomic E-state index is -2.09. The van der Waals surface area contributed by atoms with Gasteiger partial charge in [0, 0.05) is 11.1 Å². The van der Waals surface area contributed by atoms with Crippen molar-refractivity contribution < 1.29 is 28.7 Å². The molecule has 2 aliphatic heterocycles. The number of anilines is 1. The number of aryl methyl sites for hydroxylation is 1. The van der Waals surface area contributed by atoms with E-state index in [4.69, 9.17) is 9.47 Å². The summed E-state index contributed by atoms with van der Waals surface area (Å²) in [5.41, 5.74) is 0.221. The van der Waals surface area contributed by atoms with E-state index < -0.39 is 46.9 Å². The summed E-state index contributed by atoms with van der Waals surface area (Å²) >= 11 is 0. The fourth-order valence-corrected chi connectivity index (χ4v) is 5.63. The lowest BCUT2D eigenvalue weighted by molar-refractivity contribution is -0.127. The van der Waals surface area contributed by atoms with Crippen LogP contribution in [0.3, 0.4) is 0 Å². The summed E-state index contributed by atoms with van der Waals surface area (Å²) in [7, 11) is 1.45. The Hall–Kier alpha value is -4.10. The van der Waals surface area contributed by atoms with Gasteiger partial charge >= 0.3 is 0 Å². The Labute approximate surface area is 201 Å². The Morgan fingerprint density at radius 2 is 1.40 bits per heavy atom. The van der Waals surface area contributed by atoms with Crippen molar-refractivity contribution in [2.45, 2.75) is 18.6 Å². The number of imide groups is 1. The number of para-hydroxylation sites is 2. The summed E-state index contributed by atoms with van der Waals surface area (Å²) in [5, 5.41) is 0. The Morgan fingerprint density at radius 1 is 0.800 bits per heavy atom. The number of hydrogen-bond donors (Lipinski definition) is 0. The predicted octanol–water partition coefficient (Wildman–Crippen LogP) is 3.70. The molecular weight excluding hydrogens is 446 g/mol. The van der Waals surface area contributed by atoms with Gasteiger partial charge in [-0.3, -0.25) is 19.2 Å². The van der Waals surface area contributed by atoms with Crippen LogP contribution in [0.1, 0.15) is 37.9 Å². The van der Waals surface area contributed by atoms with Gasteiger partial charge in [-0.15, -0.1) is 0 Å². The van der Waals surface area contributed by atoms with Crippen molar-refractivity contribution in [1.82, 2.24) is 0 Å². The van der Waals surface area contributed by atoms with Gasteiger partial charge < -0.3 is 9.47 Å². The molecule has 6 rings (SSSR count). The zero-order valence-electron chi connectivity index (χ0n) is 19.1. The molecular formula is C28H21NO6. The maximum Gasteiger partial charge on any atom is 0.241 e. The second-order valence-corrected chi connectivity index (χ2v) is 9.08. The molecule has 2 fully saturated rings. The molecule has 0 saturated carbocycles. The number of nitrogens with zero attached hydrogens (tertiary/aromatic N) is 1. The molecule has 3 aliphatic rings. The first kappa shape index (κ1) is 21.4. The highest BCUT2D eigenvalue weighted by Gasteiger charge is 2.74. The van der Waals surface area contributed by atoms with Crippen LogP contribution in [-0.2, 0) is 14.3 Å². The first-order valence-corrected chi connectivity index (χ1v) is 11.3. The minimum Gasteiger partial charge on any atom is -0.495 e. The van der Waals surface area contributed by atoms with E-state index in [0.717, 1.165) is 10.5 Å². The molecule has 2 amide bonds. The molecule has 0 N–H and O–H groups in total. The van der Waals surface area contributed by atoms with Crippen LogP contribution in [-0.4, -0.2) is 36.1 Å². The molecule has 1 aliphatic carbocycles. The fourth-order valence-electron chi connectivity index (χ4n) is 5.63. The van der Waals surface area contributed by atoms with Crippen molar-refractivity contribution in [3.05, 3.63) is 95.1 Å². The highest BCUT2D eigenvalue weighted by molar-refractivity contribution is 6.37. The third-order valence-electron chi connectivity index (χ3n) is 7.25. The van der Waals surface area contributed by atoms with Crippen LogP contribution in [0.5, 0.6) is 5.75 Å². The average molecular weight is 467 g/mol. The third kappa shape index (κ3) is 2.70. The smallest absolute Gasteiger partial charge is 0.241 e. The average Bonchev–Trinajstić information content (AvgIpc) is 3.44. The Morgan fingerprint density at radius 3 is 2.03 bits per heavy atom. The van der Waals surface area contributed by atoms with Gasteiger partial charge in [0.1, 0.15) is 5.75 Å². The van der Waals surface area contributed by atoms with Crippen molar-refractivity contribution in [3.63, 3.8) is 0 Å². The predicted molar refractivity (Wildman–Crippen MR) is 125 cm³/mol. The number of ether oxygens (including phenoxy) is 2. The van der Waals surface area contributed by atoms with E-state index >= 15 is 0 Å². The molecule has 0 radical (unpaired) electrons. The fraction of sp³-hybridized carbons (Fsp3) is 0.214. The molecule has 174 valence electrons. The third-order valence-corrected chi connectivity index (χ3v) is 7.25. The van der Waals surface area contributed by atoms with Crippen molar-refractivity contribution in [2.24, 2.45) is 11.8 Å². The highest BCUT2D eigenvalue weighted by atomic mass is 16.5. The minimum absolute atomic E-state index is 0.205. The van der Waals surface area contributed by atoms with Gasteiger partial charge in [-0.05, 0) is 24.6 Å². The summed E-state index contributed by atoms with van der Waals surface area (Å²) in [6, 6.07) is 20.5. The number of methoxy groups -OCH3 is 1. The first-order valence-electron chi connectivity index (χ1n) is 11.3. The van der Waals surface area contributed by atoms with Gasteiger partial charge in [0.25, 0.3) is 0 Å². The lowest BCUT2D eigenvalue weighted by Crippen LogP contribution is -2.51. The number of fused-ring (bicyclic) bond motifs is 3. The molecule has 3 aromatic rings. The molecule has 0 unspecified atom stereocenters. The quantitative estimate of drug-likeness (QED) is 0.431. The van der Waals surface area contributed by atoms with Crippen LogP contribution in [0, 0.1) is 18.8 Å². The zero-order chi connectivity index (χ0) is 24.5. The van der Waals surface area contributed by atoms with Crippen LogP contribution in [0.25, 0.3) is 0 Å². The molecule has 7 nitrogen and oxygen atoms in total. The van der Waals surface area contributed by atoms with Crippen LogP contribution in [0.15, 0.2) is 72.8 Å². The lowest BCUT2D eigenvalue weighted by Gasteiger charge is -2.27. The van der Waals surface area contributed by atoms with E-state index in [1.54, 1.807) is 60.7 Å². The molecule has 0 aromatic heterocycles. The number of rotatable bonds is 3. The van der Waals surface area contributed by atoms with Crippen molar-refractivity contribution in [1.29, 1.82) is 0 Å². The van der Waals surface area contributed by atoms with Gasteiger partial charge in [-0.2, -0.15) is 0 Å². The topological polar surface area (TPSA) is 90.0 Å². The Kier molecular flexibility index (Phi) is 4.56. The Bertz CT molecular complexity index is 1390. The van der Waals surface area contributed by atoms with Crippen LogP contribution in [0.4, 0.5) is 5.69 Å². The second-order valence-electron chi connectivity index (χ2n) is 9.08. The number of Topliss-reactive ketones (excluding diaryl/α,β-unsaturated/α-hetero) is 2. The Balaban J connectivity index is 1.55. The molecule has 2 saturated heterocycles. The first-order chi connectivity index (χ1) is 16.9. The van der Waals surface area contributed by atoms with Gasteiger partial charge in [0.05, 0.1) is 30.7 Å². The van der Waals surface area contributed by atoms with Crippen molar-refractivity contribution in [2.75, 3.05) is 12.0 Å². The van der Waals surface area contributed by atoms with E-state index in [0.29, 0.717) is 11.3 Å². The summed E-state index contributed by atoms with van der Waals surface area (Å²) in [6.45, 7) is 1.93. The summed E-state index contributed by atoms with van der Waals surface area (Å²) in [5.74, 6) is -4.33. The van der Waals surface area contributed by atoms with E-state index in [9.17, 15) is 19.2 Å². The number of ketones is 2. The van der Waals surface area contributed by atoms with Crippen LogP contribution < -0.4 is 9.64 Å². The monoisotopic (exact) mass is 467 g/mol. The number of benzene rings is 3. The van der Waals surface area contributed by atoms with Gasteiger partial charge in [-0.25, -0.2) is 4.90 Å². The summed E-state index contributed by atoms with van der Waals surface area (Å²) in [6.07, 6.45) is -0.945. The molecule has 0 bridgehead atoms. The molecule has 1 spiro atoms. The highest BCUT2D eigenvalue weighted by Crippen LogP contribution is 2.58. The summed E-state index contributed by atoms with van der Waals surface area (Å²) < 4.78 is 11.7. The van der Waals surface area contributed by atoms with Gasteiger partial charge in [0.15, 0.2) is 0 Å². The van der Waals surface area contributed by atoms with Crippen molar-refractivity contribution >= 4 is 29.1 Å². The van der Waals surface area contributed by atoms with E-state index in [-0.39, 0.29) is 16.8 Å². The van der Waals surface area contributed by atoms with Crippen LogP contribution in [0.2, 0.25) is 0 Å². The molecule has 2 heterocycles. The van der Waals surface area contributed by atoms with E-state index in [1.165, 1.54) is 7.11 Å². The number of hydrogen-bond acceptors (Lipinski definition) is 6. The number of carbonyl (C=O) groups is 4. The van der Waals surface area contributed by atoms with Gasteiger partial charge in [-0.1, -0.05) is 66.2 Å². The molecule has 35 heavy (non-hydrogen) atoms. The van der Waals surface area contributed by atoms with Gasteiger partial charge in [0.2, 0.25) is 29.0 Å². The zero-order valence-corrected chi connectivity index (χ0v) is 19.1. The number of amides is 2. The normalized spacial score (nSPS) is 24.3. The van der Waals surface area contributed by atoms with E-state index in [1.807, 2.05) is 19.1 Å². The number of carbonyl (C=O) groups excluding carboxylic acids is 4. The second kappa shape index (κ2) is 7.45. The molecule has 3 atom stereocenters. The lowest BCUT2D eigenvalue weighted by atomic mass is 9.77. The standard InChI is InChI=1S/C28H21NO6/c1-15-11-13-16(14-12-15)23-21-22(27(33)29(26(21)32)19-9-5-6-10-20(19)34-2)28(35-23)24(30)17-7-3-4-8-18(17)25(28)31/h3-14,21-23H,1-2H3/t21-,22-,23-/m1/s1. The van der Waals surface area contributed by atoms with Crippen molar-refractivity contribution in [3.8, 4) is 5.75 Å². The SMILES string of the molecule is COc1ccccc1N1C(=O)[C@H]2[C@@H](c3ccc(C)cc3)OC3(C(=O)c4ccccc4C3=O)[C@H]2C1=O. The summed E-state index contributed by atoms with van der Waals surface area (Å²) in [4.78, 5) is 56.4. The molecule has 7 heteroatoms. The maximum atomic E-state index is 14.0. The molecule has 3 aromatic carbocycles. The van der Waals surface area contributed by atoms with Crippen LogP contribution >= 0.6 is 0 Å². The van der Waals surface area contributed by atoms with E-state index in [2.05, 4.69) is 0 Å². The maximum absolute atomic E-state index is 14.0.